The van der Waals surface area contributed by atoms with Crippen LogP contribution in [0.3, 0.4) is 0 Å². The van der Waals surface area contributed by atoms with Crippen LogP contribution in [-0.4, -0.2) is 28.9 Å². The lowest BCUT2D eigenvalue weighted by Crippen LogP contribution is -2.23. The summed E-state index contributed by atoms with van der Waals surface area (Å²) in [4.78, 5) is 17.1. The average Bonchev–Trinajstić information content (AvgIpc) is 3.47. The Labute approximate surface area is 196 Å². The van der Waals surface area contributed by atoms with Crippen molar-refractivity contribution in [1.82, 2.24) is 19.3 Å². The number of aryl methyl sites for hydroxylation is 2. The van der Waals surface area contributed by atoms with Crippen LogP contribution in [0.1, 0.15) is 34.7 Å². The van der Waals surface area contributed by atoms with Crippen LogP contribution in [0, 0.1) is 25.2 Å². The molecule has 0 radical (unpaired) electrons. The summed E-state index contributed by atoms with van der Waals surface area (Å²) < 4.78 is 34.4. The predicted octanol–water partition coefficient (Wildman–Crippen LogP) is 2.86. The maximum Gasteiger partial charge on any atom is 0.241 e. The Hall–Kier alpha value is -4.01. The number of benzene rings is 1. The Morgan fingerprint density at radius 3 is 2.79 bits per heavy atom. The van der Waals surface area contributed by atoms with Gasteiger partial charge in [0, 0.05) is 23.5 Å². The molecule has 0 aliphatic rings. The van der Waals surface area contributed by atoms with Gasteiger partial charge in [-0.05, 0) is 56.2 Å². The van der Waals surface area contributed by atoms with Gasteiger partial charge in [-0.1, -0.05) is 6.07 Å². The van der Waals surface area contributed by atoms with Gasteiger partial charge in [-0.2, -0.15) is 10.4 Å². The van der Waals surface area contributed by atoms with E-state index in [0.717, 1.165) is 17.0 Å². The van der Waals surface area contributed by atoms with E-state index in [1.807, 2.05) is 13.8 Å². The van der Waals surface area contributed by atoms with Crippen LogP contribution in [0.2, 0.25) is 0 Å². The molecule has 0 bridgehead atoms. The van der Waals surface area contributed by atoms with E-state index < -0.39 is 10.0 Å². The quantitative estimate of drug-likeness (QED) is 0.396. The summed E-state index contributed by atoms with van der Waals surface area (Å²) in [5.41, 5.74) is 3.67. The highest BCUT2D eigenvalue weighted by molar-refractivity contribution is 7.89. The van der Waals surface area contributed by atoms with Gasteiger partial charge in [0.25, 0.3) is 0 Å². The van der Waals surface area contributed by atoms with E-state index in [2.05, 4.69) is 26.2 Å². The molecule has 11 heteroatoms. The first-order valence-corrected chi connectivity index (χ1v) is 11.9. The lowest BCUT2D eigenvalue weighted by molar-refractivity contribution is -0.116. The van der Waals surface area contributed by atoms with E-state index in [1.165, 1.54) is 24.6 Å². The molecule has 0 fully saturated rings. The average molecular weight is 479 g/mol. The number of furan rings is 1. The van der Waals surface area contributed by atoms with Crippen LogP contribution in [-0.2, 0) is 27.8 Å². The number of sulfonamides is 1. The number of anilines is 1. The van der Waals surface area contributed by atoms with Crippen LogP contribution in [0.4, 0.5) is 5.69 Å². The minimum atomic E-state index is -3.78. The molecule has 4 rings (SSSR count). The number of nitriles is 1. The van der Waals surface area contributed by atoms with Crippen molar-refractivity contribution in [3.05, 3.63) is 77.1 Å². The first-order valence-electron chi connectivity index (χ1n) is 10.4. The zero-order chi connectivity index (χ0) is 24.3. The van der Waals surface area contributed by atoms with Crippen LogP contribution in [0.5, 0.6) is 0 Å². The fourth-order valence-corrected chi connectivity index (χ4v) is 4.66. The Bertz CT molecular complexity index is 1500. The van der Waals surface area contributed by atoms with E-state index >= 15 is 0 Å². The summed E-state index contributed by atoms with van der Waals surface area (Å²) in [5.74, 6) is 0.223. The van der Waals surface area contributed by atoms with Gasteiger partial charge < -0.3 is 9.73 Å². The van der Waals surface area contributed by atoms with Crippen LogP contribution < -0.4 is 10.0 Å². The molecule has 2 N–H and O–H groups in total. The number of nitrogens with one attached hydrogen (secondary N) is 2. The molecule has 0 aliphatic heterocycles. The predicted molar refractivity (Wildman–Crippen MR) is 123 cm³/mol. The highest BCUT2D eigenvalue weighted by Crippen LogP contribution is 2.20. The highest BCUT2D eigenvalue weighted by atomic mass is 32.2. The fourth-order valence-electron chi connectivity index (χ4n) is 3.62. The van der Waals surface area contributed by atoms with Gasteiger partial charge in [0.15, 0.2) is 5.65 Å². The van der Waals surface area contributed by atoms with Crippen molar-refractivity contribution in [3.63, 3.8) is 0 Å². The zero-order valence-electron chi connectivity index (χ0n) is 18.6. The number of carbonyl (C=O) groups is 1. The lowest BCUT2D eigenvalue weighted by atomic mass is 10.1. The molecule has 0 unspecified atom stereocenters. The standard InChI is InChI=1S/C23H22N6O4S/c1-15-21(16(2)29-23(27-15)17(12-24)13-25-29)8-9-22(30)28-18-5-3-7-20(11-18)34(31,32)26-14-19-6-4-10-33-19/h3-7,10-11,13,26H,8-9,14H2,1-2H3,(H,28,30). The van der Waals surface area contributed by atoms with Gasteiger partial charge in [-0.15, -0.1) is 0 Å². The summed E-state index contributed by atoms with van der Waals surface area (Å²) in [6.45, 7) is 3.72. The van der Waals surface area contributed by atoms with Crippen molar-refractivity contribution in [1.29, 1.82) is 5.26 Å². The number of carbonyl (C=O) groups excluding carboxylic acids is 1. The van der Waals surface area contributed by atoms with E-state index in [0.29, 0.717) is 29.1 Å². The third-order valence-corrected chi connectivity index (χ3v) is 6.77. The maximum absolute atomic E-state index is 12.6. The third kappa shape index (κ3) is 4.83. The summed E-state index contributed by atoms with van der Waals surface area (Å²) in [7, 11) is -3.78. The van der Waals surface area contributed by atoms with Crippen molar-refractivity contribution in [3.8, 4) is 6.07 Å². The second-order valence-electron chi connectivity index (χ2n) is 7.65. The second-order valence-corrected chi connectivity index (χ2v) is 9.41. The molecule has 0 saturated carbocycles. The molecule has 1 amide bonds. The van der Waals surface area contributed by atoms with Gasteiger partial charge in [0.2, 0.25) is 15.9 Å². The highest BCUT2D eigenvalue weighted by Gasteiger charge is 2.17. The molecule has 4 aromatic rings. The monoisotopic (exact) mass is 478 g/mol. The lowest BCUT2D eigenvalue weighted by Gasteiger charge is -2.12. The van der Waals surface area contributed by atoms with Gasteiger partial charge >= 0.3 is 0 Å². The summed E-state index contributed by atoms with van der Waals surface area (Å²) in [6.07, 6.45) is 3.51. The van der Waals surface area contributed by atoms with E-state index in [4.69, 9.17) is 4.42 Å². The molecule has 0 atom stereocenters. The molecule has 10 nitrogen and oxygen atoms in total. The smallest absolute Gasteiger partial charge is 0.241 e. The van der Waals surface area contributed by atoms with Crippen LogP contribution in [0.15, 0.2) is 58.2 Å². The summed E-state index contributed by atoms with van der Waals surface area (Å²) >= 11 is 0. The fraction of sp³-hybridized carbons (Fsp3) is 0.217. The van der Waals surface area contributed by atoms with Gasteiger partial charge in [0.05, 0.1) is 23.9 Å². The van der Waals surface area contributed by atoms with Gasteiger partial charge in [-0.3, -0.25) is 4.79 Å². The number of aromatic nitrogens is 3. The van der Waals surface area contributed by atoms with Gasteiger partial charge in [-0.25, -0.2) is 22.6 Å². The Morgan fingerprint density at radius 2 is 2.06 bits per heavy atom. The Kier molecular flexibility index (Phi) is 6.45. The first-order chi connectivity index (χ1) is 16.3. The second kappa shape index (κ2) is 9.46. The van der Waals surface area contributed by atoms with Crippen molar-refractivity contribution < 1.29 is 17.6 Å². The largest absolute Gasteiger partial charge is 0.468 e. The molecular formula is C23H22N6O4S. The Balaban J connectivity index is 1.42. The number of hydrogen-bond acceptors (Lipinski definition) is 7. The molecule has 34 heavy (non-hydrogen) atoms. The summed E-state index contributed by atoms with van der Waals surface area (Å²) in [5, 5.41) is 16.2. The van der Waals surface area contributed by atoms with Crippen molar-refractivity contribution in [2.75, 3.05) is 5.32 Å². The topological polar surface area (TPSA) is 142 Å². The van der Waals surface area contributed by atoms with Crippen LogP contribution >= 0.6 is 0 Å². The molecular weight excluding hydrogens is 456 g/mol. The number of hydrogen-bond donors (Lipinski definition) is 2. The molecule has 0 aliphatic carbocycles. The normalized spacial score (nSPS) is 11.4. The Morgan fingerprint density at radius 1 is 1.24 bits per heavy atom. The molecule has 0 saturated heterocycles. The molecule has 0 spiro atoms. The minimum absolute atomic E-state index is 0.0229. The number of nitrogens with zero attached hydrogens (tertiary/aromatic N) is 4. The minimum Gasteiger partial charge on any atom is -0.468 e. The van der Waals surface area contributed by atoms with Crippen molar-refractivity contribution in [2.24, 2.45) is 0 Å². The first kappa shape index (κ1) is 23.2. The summed E-state index contributed by atoms with van der Waals surface area (Å²) in [6, 6.07) is 11.5. The maximum atomic E-state index is 12.6. The van der Waals surface area contributed by atoms with Crippen molar-refractivity contribution in [2.45, 2.75) is 38.1 Å². The molecule has 174 valence electrons. The molecule has 1 aromatic carbocycles. The molecule has 3 heterocycles. The van der Waals surface area contributed by atoms with Gasteiger partial charge in [0.1, 0.15) is 17.4 Å². The van der Waals surface area contributed by atoms with E-state index in [1.54, 1.807) is 28.8 Å². The number of amides is 1. The van der Waals surface area contributed by atoms with Crippen LogP contribution in [0.25, 0.3) is 5.65 Å². The van der Waals surface area contributed by atoms with Crippen molar-refractivity contribution >= 4 is 27.3 Å². The zero-order valence-corrected chi connectivity index (χ0v) is 19.4. The van der Waals surface area contributed by atoms with E-state index in [9.17, 15) is 18.5 Å². The third-order valence-electron chi connectivity index (χ3n) is 5.38. The van der Waals surface area contributed by atoms with E-state index in [-0.39, 0.29) is 23.8 Å². The SMILES string of the molecule is Cc1nc2c(C#N)cnn2c(C)c1CCC(=O)Nc1cccc(S(=O)(=O)NCc2ccco2)c1. The number of fused-ring (bicyclic) bond motifs is 1. The molecule has 3 aromatic heterocycles. The number of rotatable bonds is 8.